The summed E-state index contributed by atoms with van der Waals surface area (Å²) < 4.78 is 10.9. The van der Waals surface area contributed by atoms with E-state index in [4.69, 9.17) is 0 Å². The van der Waals surface area contributed by atoms with Gasteiger partial charge in [-0.3, -0.25) is 9.59 Å². The van der Waals surface area contributed by atoms with Crippen molar-refractivity contribution in [2.45, 2.75) is 6.54 Å². The van der Waals surface area contributed by atoms with Crippen molar-refractivity contribution in [2.75, 3.05) is 6.54 Å². The van der Waals surface area contributed by atoms with E-state index in [2.05, 4.69) is 29.2 Å². The van der Waals surface area contributed by atoms with Crippen LogP contribution in [0.15, 0.2) is 47.8 Å². The molecule has 4 rings (SSSR count). The minimum Gasteiger partial charge on any atom is -0.350 e. The number of hydrogen-bond acceptors (Lipinski definition) is 8. The summed E-state index contributed by atoms with van der Waals surface area (Å²) in [5, 5.41) is 11.0. The van der Waals surface area contributed by atoms with Crippen LogP contribution in [0.25, 0.3) is 16.9 Å². The number of amides is 1. The second kappa shape index (κ2) is 6.80. The predicted octanol–water partition coefficient (Wildman–Crippen LogP) is 0.259. The van der Waals surface area contributed by atoms with E-state index >= 15 is 0 Å². The van der Waals surface area contributed by atoms with Crippen molar-refractivity contribution < 1.29 is 4.79 Å². The van der Waals surface area contributed by atoms with Crippen LogP contribution in [-0.2, 0) is 6.54 Å². The lowest BCUT2D eigenvalue weighted by atomic mass is 10.2. The maximum atomic E-state index is 12.3. The molecular formula is C15H12N8O2S. The van der Waals surface area contributed by atoms with E-state index in [1.165, 1.54) is 28.1 Å². The van der Waals surface area contributed by atoms with Crippen LogP contribution >= 0.6 is 11.7 Å². The Morgan fingerprint density at radius 3 is 2.88 bits per heavy atom. The Hall–Kier alpha value is -3.47. The number of benzene rings is 1. The highest BCUT2D eigenvalue weighted by Gasteiger charge is 2.09. The summed E-state index contributed by atoms with van der Waals surface area (Å²) in [6.07, 6.45) is 2.87. The molecule has 1 N–H and O–H groups in total. The van der Waals surface area contributed by atoms with E-state index in [9.17, 15) is 9.59 Å². The number of nitrogens with one attached hydrogen (secondary N) is 1. The number of nitrogens with zero attached hydrogens (tertiary/aromatic N) is 7. The Bertz CT molecular complexity index is 1120. The summed E-state index contributed by atoms with van der Waals surface area (Å²) in [6.45, 7) is 0.480. The average Bonchev–Trinajstić information content (AvgIpc) is 3.34. The first-order valence-corrected chi connectivity index (χ1v) is 8.37. The Labute approximate surface area is 150 Å². The summed E-state index contributed by atoms with van der Waals surface area (Å²) in [4.78, 5) is 28.0. The van der Waals surface area contributed by atoms with E-state index < -0.39 is 0 Å². The van der Waals surface area contributed by atoms with Gasteiger partial charge in [-0.15, -0.1) is 5.10 Å². The molecule has 0 bridgehead atoms. The van der Waals surface area contributed by atoms with Crippen molar-refractivity contribution >= 4 is 28.7 Å². The first-order valence-electron chi connectivity index (χ1n) is 7.64. The van der Waals surface area contributed by atoms with Crippen LogP contribution in [0.3, 0.4) is 0 Å². The lowest BCUT2D eigenvalue weighted by Gasteiger charge is -2.08. The number of carbonyl (C=O) groups excluding carboxylic acids is 1. The molecular weight excluding hydrogens is 356 g/mol. The molecule has 0 aliphatic rings. The first-order chi connectivity index (χ1) is 12.7. The monoisotopic (exact) mass is 368 g/mol. The Kier molecular flexibility index (Phi) is 4.19. The highest BCUT2D eigenvalue weighted by molar-refractivity contribution is 7.00. The normalized spacial score (nSPS) is 10.9. The first kappa shape index (κ1) is 16.0. The van der Waals surface area contributed by atoms with Gasteiger partial charge in [0.15, 0.2) is 5.82 Å². The van der Waals surface area contributed by atoms with Gasteiger partial charge in [-0.1, -0.05) is 0 Å². The smallest absolute Gasteiger partial charge is 0.266 e. The highest BCUT2D eigenvalue weighted by Crippen LogP contribution is 2.13. The van der Waals surface area contributed by atoms with Crippen molar-refractivity contribution in [1.29, 1.82) is 0 Å². The van der Waals surface area contributed by atoms with Crippen molar-refractivity contribution in [2.24, 2.45) is 0 Å². The third-order valence-electron chi connectivity index (χ3n) is 3.63. The molecule has 0 unspecified atom stereocenters. The molecule has 0 spiro atoms. The van der Waals surface area contributed by atoms with Crippen molar-refractivity contribution in [1.82, 2.24) is 38.6 Å². The lowest BCUT2D eigenvalue weighted by Crippen LogP contribution is -2.32. The quantitative estimate of drug-likeness (QED) is 0.536. The van der Waals surface area contributed by atoms with E-state index in [0.29, 0.717) is 16.9 Å². The Morgan fingerprint density at radius 1 is 1.15 bits per heavy atom. The molecule has 4 aromatic rings. The molecule has 130 valence electrons. The summed E-state index contributed by atoms with van der Waals surface area (Å²) >= 11 is 1.10. The maximum absolute atomic E-state index is 12.3. The number of carbonyl (C=O) groups is 1. The molecule has 0 saturated carbocycles. The molecule has 3 aromatic heterocycles. The fourth-order valence-corrected chi connectivity index (χ4v) is 2.87. The SMILES string of the molecule is O=C(NCCn1nc(-n2cncn2)ccc1=O)c1ccc2nsnc2c1. The Morgan fingerprint density at radius 2 is 2.04 bits per heavy atom. The molecule has 1 aromatic carbocycles. The van der Waals surface area contributed by atoms with E-state index in [0.717, 1.165) is 17.2 Å². The van der Waals surface area contributed by atoms with Gasteiger partial charge in [0.2, 0.25) is 0 Å². The third-order valence-corrected chi connectivity index (χ3v) is 4.19. The standard InChI is InChI=1S/C15H12N8O2S/c24-14-4-3-13(23-9-16-8-18-23)19-22(14)6-5-17-15(25)10-1-2-11-12(7-10)21-26-20-11/h1-4,7-9H,5-6H2,(H,17,25). The third kappa shape index (κ3) is 3.19. The highest BCUT2D eigenvalue weighted by atomic mass is 32.1. The van der Waals surface area contributed by atoms with Crippen LogP contribution in [0.2, 0.25) is 0 Å². The van der Waals surface area contributed by atoms with Gasteiger partial charge in [0.1, 0.15) is 23.7 Å². The molecule has 26 heavy (non-hydrogen) atoms. The topological polar surface area (TPSA) is 120 Å². The Balaban J connectivity index is 1.43. The molecule has 0 aliphatic heterocycles. The van der Waals surface area contributed by atoms with Gasteiger partial charge in [-0.2, -0.15) is 13.8 Å². The summed E-state index contributed by atoms with van der Waals surface area (Å²) in [5.74, 6) is 0.218. The second-order valence-electron chi connectivity index (χ2n) is 5.32. The zero-order chi connectivity index (χ0) is 17.9. The van der Waals surface area contributed by atoms with Crippen LogP contribution in [0, 0.1) is 0 Å². The zero-order valence-corrected chi connectivity index (χ0v) is 14.1. The van der Waals surface area contributed by atoms with Crippen LogP contribution < -0.4 is 10.9 Å². The summed E-state index contributed by atoms with van der Waals surface area (Å²) in [7, 11) is 0. The minimum atomic E-state index is -0.266. The van der Waals surface area contributed by atoms with Crippen LogP contribution in [0.1, 0.15) is 10.4 Å². The van der Waals surface area contributed by atoms with Crippen molar-refractivity contribution in [3.05, 3.63) is 58.9 Å². The molecule has 3 heterocycles. The fourth-order valence-electron chi connectivity index (χ4n) is 2.35. The molecule has 1 amide bonds. The van der Waals surface area contributed by atoms with Crippen LogP contribution in [-0.4, -0.2) is 45.7 Å². The number of aromatic nitrogens is 7. The molecule has 10 nitrogen and oxygen atoms in total. The van der Waals surface area contributed by atoms with Gasteiger partial charge in [0, 0.05) is 18.2 Å². The fraction of sp³-hybridized carbons (Fsp3) is 0.133. The van der Waals surface area contributed by atoms with Crippen molar-refractivity contribution in [3.8, 4) is 5.82 Å². The molecule has 11 heteroatoms. The van der Waals surface area contributed by atoms with Crippen molar-refractivity contribution in [3.63, 3.8) is 0 Å². The van der Waals surface area contributed by atoms with Gasteiger partial charge in [-0.25, -0.2) is 14.3 Å². The van der Waals surface area contributed by atoms with Crippen LogP contribution in [0.4, 0.5) is 0 Å². The van der Waals surface area contributed by atoms with Gasteiger partial charge < -0.3 is 5.32 Å². The molecule has 0 saturated heterocycles. The van der Waals surface area contributed by atoms with E-state index in [1.54, 1.807) is 24.3 Å². The maximum Gasteiger partial charge on any atom is 0.266 e. The van der Waals surface area contributed by atoms with Gasteiger partial charge in [-0.05, 0) is 24.3 Å². The molecule has 0 atom stereocenters. The number of hydrogen-bond donors (Lipinski definition) is 1. The lowest BCUT2D eigenvalue weighted by molar-refractivity contribution is 0.0952. The average molecular weight is 368 g/mol. The number of fused-ring (bicyclic) bond motifs is 1. The number of rotatable bonds is 5. The minimum absolute atomic E-state index is 0.230. The molecule has 0 aliphatic carbocycles. The van der Waals surface area contributed by atoms with Crippen LogP contribution in [0.5, 0.6) is 0 Å². The van der Waals surface area contributed by atoms with E-state index in [1.807, 2.05) is 0 Å². The largest absolute Gasteiger partial charge is 0.350 e. The van der Waals surface area contributed by atoms with E-state index in [-0.39, 0.29) is 24.6 Å². The molecule has 0 fully saturated rings. The predicted molar refractivity (Wildman–Crippen MR) is 93.2 cm³/mol. The van der Waals surface area contributed by atoms with Gasteiger partial charge in [0.25, 0.3) is 11.5 Å². The zero-order valence-electron chi connectivity index (χ0n) is 13.3. The second-order valence-corrected chi connectivity index (χ2v) is 5.85. The van der Waals surface area contributed by atoms with Gasteiger partial charge >= 0.3 is 0 Å². The summed E-state index contributed by atoms with van der Waals surface area (Å²) in [5.41, 5.74) is 1.66. The summed E-state index contributed by atoms with van der Waals surface area (Å²) in [6, 6.07) is 8.08. The molecule has 0 radical (unpaired) electrons. The van der Waals surface area contributed by atoms with Gasteiger partial charge in [0.05, 0.1) is 18.3 Å².